The average Bonchev–Trinajstić information content (AvgIpc) is 1.63. The Labute approximate surface area is 62.4 Å². The van der Waals surface area contributed by atoms with Crippen molar-refractivity contribution in [1.29, 1.82) is 0 Å². The van der Waals surface area contributed by atoms with Gasteiger partial charge in [-0.2, -0.15) is 11.8 Å². The van der Waals surface area contributed by atoms with Crippen LogP contribution < -0.4 is 5.73 Å². The Bertz CT molecular complexity index is 53.9. The monoisotopic (exact) mass is 147 g/mol. The van der Waals surface area contributed by atoms with Crippen LogP contribution in [-0.2, 0) is 0 Å². The predicted molar refractivity (Wildman–Crippen MR) is 45.9 cm³/mol. The Hall–Kier alpha value is 0.310. The van der Waals surface area contributed by atoms with Crippen LogP contribution in [0.2, 0.25) is 0 Å². The molecular formula is C7H17NS. The summed E-state index contributed by atoms with van der Waals surface area (Å²) >= 11 is 1.98. The molecule has 0 bridgehead atoms. The van der Waals surface area contributed by atoms with E-state index >= 15 is 0 Å². The second kappa shape index (κ2) is 5.12. The molecule has 0 fully saturated rings. The number of hydrogen-bond acceptors (Lipinski definition) is 2. The van der Waals surface area contributed by atoms with E-state index in [2.05, 4.69) is 20.8 Å². The third-order valence-corrected chi connectivity index (χ3v) is 2.16. The van der Waals surface area contributed by atoms with Crippen molar-refractivity contribution in [2.24, 2.45) is 5.73 Å². The van der Waals surface area contributed by atoms with Crippen molar-refractivity contribution in [2.45, 2.75) is 38.5 Å². The molecule has 0 aromatic carbocycles. The highest BCUT2D eigenvalue weighted by molar-refractivity contribution is 7.99. The van der Waals surface area contributed by atoms with E-state index in [9.17, 15) is 0 Å². The van der Waals surface area contributed by atoms with Crippen LogP contribution in [0.4, 0.5) is 0 Å². The Balaban J connectivity index is 2.91. The lowest BCUT2D eigenvalue weighted by atomic mass is 10.3. The third-order valence-electron chi connectivity index (χ3n) is 1.02. The van der Waals surface area contributed by atoms with Crippen LogP contribution in [0.15, 0.2) is 0 Å². The Kier molecular flexibility index (Phi) is 5.30. The minimum absolute atomic E-state index is 0.372. The van der Waals surface area contributed by atoms with Crippen LogP contribution in [0.1, 0.15) is 27.2 Å². The van der Waals surface area contributed by atoms with E-state index < -0.39 is 0 Å². The second-order valence-electron chi connectivity index (χ2n) is 2.69. The smallest absolute Gasteiger partial charge is 0.00183 e. The maximum Gasteiger partial charge on any atom is 0.00183 e. The van der Waals surface area contributed by atoms with Crippen molar-refractivity contribution >= 4 is 11.8 Å². The van der Waals surface area contributed by atoms with Crippen LogP contribution in [0.3, 0.4) is 0 Å². The van der Waals surface area contributed by atoms with Gasteiger partial charge in [0, 0.05) is 6.04 Å². The van der Waals surface area contributed by atoms with Crippen molar-refractivity contribution in [3.8, 4) is 0 Å². The molecule has 0 amide bonds. The molecule has 0 rings (SSSR count). The molecule has 0 aromatic rings. The summed E-state index contributed by atoms with van der Waals surface area (Å²) in [5.41, 5.74) is 5.57. The molecule has 2 N–H and O–H groups in total. The van der Waals surface area contributed by atoms with Crippen molar-refractivity contribution in [1.82, 2.24) is 0 Å². The molecule has 0 radical (unpaired) electrons. The average molecular weight is 147 g/mol. The van der Waals surface area contributed by atoms with Gasteiger partial charge < -0.3 is 5.73 Å². The lowest BCUT2D eigenvalue weighted by molar-refractivity contribution is 0.720. The molecule has 0 aromatic heterocycles. The van der Waals surface area contributed by atoms with Gasteiger partial charge in [-0.05, 0) is 24.3 Å². The molecule has 0 aliphatic carbocycles. The van der Waals surface area contributed by atoms with Crippen LogP contribution >= 0.6 is 11.8 Å². The van der Waals surface area contributed by atoms with Gasteiger partial charge in [-0.1, -0.05) is 13.8 Å². The van der Waals surface area contributed by atoms with E-state index in [0.717, 1.165) is 11.7 Å². The van der Waals surface area contributed by atoms with E-state index in [1.807, 2.05) is 11.8 Å². The van der Waals surface area contributed by atoms with Gasteiger partial charge in [0.05, 0.1) is 0 Å². The number of thioether (sulfide) groups is 1. The van der Waals surface area contributed by atoms with Crippen LogP contribution in [-0.4, -0.2) is 17.0 Å². The summed E-state index contributed by atoms with van der Waals surface area (Å²) in [6.07, 6.45) is 1.14. The van der Waals surface area contributed by atoms with Gasteiger partial charge in [-0.3, -0.25) is 0 Å². The summed E-state index contributed by atoms with van der Waals surface area (Å²) in [7, 11) is 0. The summed E-state index contributed by atoms with van der Waals surface area (Å²) < 4.78 is 0. The molecule has 0 heterocycles. The normalized spacial score (nSPS) is 14.3. The largest absolute Gasteiger partial charge is 0.328 e. The highest BCUT2D eigenvalue weighted by Crippen LogP contribution is 2.10. The van der Waals surface area contributed by atoms with Gasteiger partial charge in [0.15, 0.2) is 0 Å². The molecule has 56 valence electrons. The SMILES string of the molecule is CC(N)CCSC(C)C. The van der Waals surface area contributed by atoms with Crippen molar-refractivity contribution in [3.05, 3.63) is 0 Å². The van der Waals surface area contributed by atoms with Gasteiger partial charge in [-0.15, -0.1) is 0 Å². The van der Waals surface area contributed by atoms with Gasteiger partial charge in [0.25, 0.3) is 0 Å². The highest BCUT2D eigenvalue weighted by atomic mass is 32.2. The maximum absolute atomic E-state index is 5.57. The predicted octanol–water partition coefficient (Wildman–Crippen LogP) is 1.87. The molecule has 0 aliphatic heterocycles. The van der Waals surface area contributed by atoms with Gasteiger partial charge >= 0.3 is 0 Å². The number of rotatable bonds is 4. The Morgan fingerprint density at radius 3 is 2.22 bits per heavy atom. The van der Waals surface area contributed by atoms with E-state index in [-0.39, 0.29) is 0 Å². The lowest BCUT2D eigenvalue weighted by Crippen LogP contribution is -2.15. The fourth-order valence-electron chi connectivity index (χ4n) is 0.490. The first-order valence-corrected chi connectivity index (χ1v) is 4.55. The molecule has 9 heavy (non-hydrogen) atoms. The van der Waals surface area contributed by atoms with Crippen LogP contribution in [0.5, 0.6) is 0 Å². The number of hydrogen-bond donors (Lipinski definition) is 1. The molecule has 1 nitrogen and oxygen atoms in total. The van der Waals surface area contributed by atoms with Crippen molar-refractivity contribution in [3.63, 3.8) is 0 Å². The quantitative estimate of drug-likeness (QED) is 0.657. The molecule has 0 aliphatic rings. The van der Waals surface area contributed by atoms with Crippen molar-refractivity contribution < 1.29 is 0 Å². The van der Waals surface area contributed by atoms with Crippen molar-refractivity contribution in [2.75, 3.05) is 5.75 Å². The standard InChI is InChI=1S/C7H17NS/c1-6(2)9-5-4-7(3)8/h6-7H,4-5,8H2,1-3H3. The fraction of sp³-hybridized carbons (Fsp3) is 1.00. The van der Waals surface area contributed by atoms with Gasteiger partial charge in [0.1, 0.15) is 0 Å². The summed E-state index contributed by atoms with van der Waals surface area (Å²) in [6, 6.07) is 0.372. The molecule has 2 heteroatoms. The van der Waals surface area contributed by atoms with Gasteiger partial charge in [0.2, 0.25) is 0 Å². The summed E-state index contributed by atoms with van der Waals surface area (Å²) in [5, 5.41) is 0.753. The summed E-state index contributed by atoms with van der Waals surface area (Å²) in [4.78, 5) is 0. The maximum atomic E-state index is 5.57. The molecule has 1 atom stereocenters. The minimum atomic E-state index is 0.372. The molecule has 0 saturated heterocycles. The van der Waals surface area contributed by atoms with E-state index in [0.29, 0.717) is 6.04 Å². The molecular weight excluding hydrogens is 130 g/mol. The second-order valence-corrected chi connectivity index (χ2v) is 4.37. The molecule has 1 unspecified atom stereocenters. The molecule has 0 spiro atoms. The Morgan fingerprint density at radius 2 is 1.89 bits per heavy atom. The van der Waals surface area contributed by atoms with Gasteiger partial charge in [-0.25, -0.2) is 0 Å². The zero-order valence-corrected chi connectivity index (χ0v) is 7.37. The molecule has 0 saturated carbocycles. The summed E-state index contributed by atoms with van der Waals surface area (Å²) in [5.74, 6) is 1.20. The Morgan fingerprint density at radius 1 is 1.33 bits per heavy atom. The lowest BCUT2D eigenvalue weighted by Gasteiger charge is -2.05. The first-order valence-electron chi connectivity index (χ1n) is 3.50. The topological polar surface area (TPSA) is 26.0 Å². The summed E-state index contributed by atoms with van der Waals surface area (Å²) in [6.45, 7) is 6.48. The zero-order valence-electron chi connectivity index (χ0n) is 6.55. The first kappa shape index (κ1) is 9.31. The first-order chi connectivity index (χ1) is 4.13. The number of nitrogens with two attached hydrogens (primary N) is 1. The zero-order chi connectivity index (χ0) is 7.28. The van der Waals surface area contributed by atoms with Crippen LogP contribution in [0.25, 0.3) is 0 Å². The van der Waals surface area contributed by atoms with E-state index in [1.165, 1.54) is 5.75 Å². The fourth-order valence-corrected chi connectivity index (χ4v) is 1.47. The highest BCUT2D eigenvalue weighted by Gasteiger charge is 1.96. The van der Waals surface area contributed by atoms with Crippen LogP contribution in [0, 0.1) is 0 Å². The third kappa shape index (κ3) is 8.31. The van der Waals surface area contributed by atoms with E-state index in [1.54, 1.807) is 0 Å². The minimum Gasteiger partial charge on any atom is -0.328 e. The van der Waals surface area contributed by atoms with E-state index in [4.69, 9.17) is 5.73 Å².